The van der Waals surface area contributed by atoms with Crippen molar-refractivity contribution in [2.24, 2.45) is 0 Å². The Kier molecular flexibility index (Phi) is 8.91. The third kappa shape index (κ3) is 6.83. The highest BCUT2D eigenvalue weighted by atomic mass is 16.5. The van der Waals surface area contributed by atoms with E-state index in [-0.39, 0.29) is 37.4 Å². The molecule has 2 aliphatic heterocycles. The van der Waals surface area contributed by atoms with E-state index in [1.54, 1.807) is 18.2 Å². The Morgan fingerprint density at radius 3 is 2.61 bits per heavy atom. The molecule has 1 fully saturated rings. The zero-order chi connectivity index (χ0) is 25.3. The molecular formula is C27H33N3O6. The number of morpholine rings is 1. The van der Waals surface area contributed by atoms with Gasteiger partial charge in [0.05, 0.1) is 18.9 Å². The van der Waals surface area contributed by atoms with Gasteiger partial charge in [-0.15, -0.1) is 0 Å². The molecule has 9 nitrogen and oxygen atoms in total. The van der Waals surface area contributed by atoms with Crippen molar-refractivity contribution in [1.82, 2.24) is 10.2 Å². The standard InChI is InChI=1S/C27H33N3O6/c1-2-3-20-4-7-22(8-5-20)35-18-24(31)21-6-9-25-23(16-21)30(27(33)19-36-25)17-26(32)28-10-11-29-12-14-34-15-13-29/h4-9,16H,2-3,10-15,17-19H2,1H3,(H,28,32). The van der Waals surface area contributed by atoms with Crippen LogP contribution < -0.4 is 19.7 Å². The molecule has 0 saturated carbocycles. The molecule has 1 saturated heterocycles. The maximum atomic E-state index is 12.8. The lowest BCUT2D eigenvalue weighted by molar-refractivity contribution is -0.125. The molecule has 2 aromatic carbocycles. The van der Waals surface area contributed by atoms with Crippen LogP contribution in [0.1, 0.15) is 29.3 Å². The van der Waals surface area contributed by atoms with Crippen LogP contribution in [0.4, 0.5) is 5.69 Å². The van der Waals surface area contributed by atoms with E-state index in [0.717, 1.165) is 32.5 Å². The van der Waals surface area contributed by atoms with Gasteiger partial charge < -0.3 is 19.5 Å². The molecule has 9 heteroatoms. The predicted molar refractivity (Wildman–Crippen MR) is 135 cm³/mol. The van der Waals surface area contributed by atoms with Gasteiger partial charge in [-0.3, -0.25) is 24.2 Å². The number of Topliss-reactive ketones (excluding diaryl/α,β-unsaturated/α-hetero) is 1. The number of hydrogen-bond acceptors (Lipinski definition) is 7. The van der Waals surface area contributed by atoms with Crippen molar-refractivity contribution in [3.05, 3.63) is 53.6 Å². The Hall–Kier alpha value is -3.43. The van der Waals surface area contributed by atoms with Gasteiger partial charge in [-0.1, -0.05) is 25.5 Å². The molecule has 0 atom stereocenters. The number of ether oxygens (including phenoxy) is 3. The summed E-state index contributed by atoms with van der Waals surface area (Å²) in [6.07, 6.45) is 2.06. The number of benzene rings is 2. The molecule has 4 rings (SSSR count). The van der Waals surface area contributed by atoms with Crippen molar-refractivity contribution in [3.8, 4) is 11.5 Å². The van der Waals surface area contributed by atoms with Crippen molar-refractivity contribution in [2.45, 2.75) is 19.8 Å². The Balaban J connectivity index is 1.34. The first-order valence-corrected chi connectivity index (χ1v) is 12.4. The average Bonchev–Trinajstić information content (AvgIpc) is 2.90. The molecule has 0 aromatic heterocycles. The fourth-order valence-electron chi connectivity index (χ4n) is 4.20. The van der Waals surface area contributed by atoms with Gasteiger partial charge in [-0.2, -0.15) is 0 Å². The lowest BCUT2D eigenvalue weighted by Crippen LogP contribution is -2.47. The van der Waals surface area contributed by atoms with Gasteiger partial charge in [0.15, 0.2) is 19.0 Å². The lowest BCUT2D eigenvalue weighted by Gasteiger charge is -2.29. The van der Waals surface area contributed by atoms with E-state index in [2.05, 4.69) is 17.1 Å². The molecule has 0 bridgehead atoms. The lowest BCUT2D eigenvalue weighted by atomic mass is 10.1. The minimum atomic E-state index is -0.334. The number of nitrogens with zero attached hydrogens (tertiary/aromatic N) is 2. The van der Waals surface area contributed by atoms with Crippen LogP contribution in [0.25, 0.3) is 0 Å². The highest BCUT2D eigenvalue weighted by molar-refractivity contribution is 6.04. The topological polar surface area (TPSA) is 97.4 Å². The first-order valence-electron chi connectivity index (χ1n) is 12.4. The Morgan fingerprint density at radius 2 is 1.86 bits per heavy atom. The number of carbonyl (C=O) groups excluding carboxylic acids is 3. The van der Waals surface area contributed by atoms with Crippen LogP contribution >= 0.6 is 0 Å². The van der Waals surface area contributed by atoms with Gasteiger partial charge in [-0.25, -0.2) is 0 Å². The summed E-state index contributed by atoms with van der Waals surface area (Å²) >= 11 is 0. The predicted octanol–water partition coefficient (Wildman–Crippen LogP) is 2.07. The normalized spacial score (nSPS) is 15.7. The minimum Gasteiger partial charge on any atom is -0.485 e. The van der Waals surface area contributed by atoms with E-state index < -0.39 is 0 Å². The number of anilines is 1. The number of amides is 2. The highest BCUT2D eigenvalue weighted by Gasteiger charge is 2.28. The number of carbonyl (C=O) groups is 3. The first-order chi connectivity index (χ1) is 17.5. The molecule has 2 heterocycles. The number of rotatable bonds is 11. The Morgan fingerprint density at radius 1 is 1.08 bits per heavy atom. The van der Waals surface area contributed by atoms with Crippen LogP contribution in [0.3, 0.4) is 0 Å². The van der Waals surface area contributed by atoms with Crippen LogP contribution in [0.15, 0.2) is 42.5 Å². The third-order valence-electron chi connectivity index (χ3n) is 6.21. The van der Waals surface area contributed by atoms with Crippen molar-refractivity contribution < 1.29 is 28.6 Å². The molecule has 2 aliphatic rings. The molecule has 0 radical (unpaired) electrons. The van der Waals surface area contributed by atoms with Gasteiger partial charge >= 0.3 is 0 Å². The van der Waals surface area contributed by atoms with Crippen LogP contribution in [0.2, 0.25) is 0 Å². The van der Waals surface area contributed by atoms with Gasteiger partial charge in [-0.05, 0) is 42.3 Å². The summed E-state index contributed by atoms with van der Waals surface area (Å²) in [6.45, 7) is 5.99. The monoisotopic (exact) mass is 495 g/mol. The Bertz CT molecular complexity index is 1070. The van der Waals surface area contributed by atoms with Crippen LogP contribution in [0.5, 0.6) is 11.5 Å². The van der Waals surface area contributed by atoms with Gasteiger partial charge in [0.25, 0.3) is 5.91 Å². The zero-order valence-electron chi connectivity index (χ0n) is 20.7. The van der Waals surface area contributed by atoms with Gasteiger partial charge in [0.2, 0.25) is 5.91 Å². The molecular weight excluding hydrogens is 462 g/mol. The van der Waals surface area contributed by atoms with Crippen LogP contribution in [-0.2, 0) is 20.7 Å². The van der Waals surface area contributed by atoms with Crippen molar-refractivity contribution in [2.75, 3.05) is 64.1 Å². The number of hydrogen-bond donors (Lipinski definition) is 1. The minimum absolute atomic E-state index is 0.136. The van der Waals surface area contributed by atoms with Crippen LogP contribution in [0, 0.1) is 0 Å². The van der Waals surface area contributed by atoms with Crippen LogP contribution in [-0.4, -0.2) is 81.6 Å². The number of fused-ring (bicyclic) bond motifs is 1. The quantitative estimate of drug-likeness (QED) is 0.477. The maximum absolute atomic E-state index is 12.8. The van der Waals surface area contributed by atoms with Gasteiger partial charge in [0.1, 0.15) is 18.0 Å². The summed E-state index contributed by atoms with van der Waals surface area (Å²) in [4.78, 5) is 41.5. The third-order valence-corrected chi connectivity index (χ3v) is 6.21. The van der Waals surface area contributed by atoms with Crippen molar-refractivity contribution in [3.63, 3.8) is 0 Å². The second kappa shape index (κ2) is 12.5. The summed E-state index contributed by atoms with van der Waals surface area (Å²) < 4.78 is 16.5. The smallest absolute Gasteiger partial charge is 0.265 e. The second-order valence-corrected chi connectivity index (χ2v) is 8.86. The Labute approximate surface area is 211 Å². The highest BCUT2D eigenvalue weighted by Crippen LogP contribution is 2.33. The van der Waals surface area contributed by atoms with Crippen molar-refractivity contribution >= 4 is 23.3 Å². The molecule has 0 spiro atoms. The summed E-state index contributed by atoms with van der Waals surface area (Å²) in [5.74, 6) is 0.244. The zero-order valence-corrected chi connectivity index (χ0v) is 20.7. The average molecular weight is 496 g/mol. The molecule has 1 N–H and O–H groups in total. The second-order valence-electron chi connectivity index (χ2n) is 8.86. The first kappa shape index (κ1) is 25.7. The SMILES string of the molecule is CCCc1ccc(OCC(=O)c2ccc3c(c2)N(CC(=O)NCCN2CCOCC2)C(=O)CO3)cc1. The van der Waals surface area contributed by atoms with E-state index >= 15 is 0 Å². The maximum Gasteiger partial charge on any atom is 0.265 e. The largest absolute Gasteiger partial charge is 0.485 e. The number of aryl methyl sites for hydroxylation is 1. The molecule has 2 aromatic rings. The van der Waals surface area contributed by atoms with E-state index in [1.807, 2.05) is 24.3 Å². The van der Waals surface area contributed by atoms with Gasteiger partial charge in [0, 0.05) is 31.7 Å². The van der Waals surface area contributed by atoms with Crippen molar-refractivity contribution in [1.29, 1.82) is 0 Å². The molecule has 0 aliphatic carbocycles. The number of ketones is 1. The fraction of sp³-hybridized carbons (Fsp3) is 0.444. The number of nitrogens with one attached hydrogen (secondary N) is 1. The summed E-state index contributed by atoms with van der Waals surface area (Å²) in [5.41, 5.74) is 2.01. The molecule has 192 valence electrons. The van der Waals surface area contributed by atoms with E-state index in [0.29, 0.717) is 42.5 Å². The summed E-state index contributed by atoms with van der Waals surface area (Å²) in [6, 6.07) is 12.6. The molecule has 0 unspecified atom stereocenters. The van der Waals surface area contributed by atoms with E-state index in [9.17, 15) is 14.4 Å². The van der Waals surface area contributed by atoms with E-state index in [4.69, 9.17) is 14.2 Å². The fourth-order valence-corrected chi connectivity index (χ4v) is 4.20. The molecule has 36 heavy (non-hydrogen) atoms. The molecule has 2 amide bonds. The van der Waals surface area contributed by atoms with E-state index in [1.165, 1.54) is 10.5 Å². The summed E-state index contributed by atoms with van der Waals surface area (Å²) in [5, 5.41) is 2.87. The summed E-state index contributed by atoms with van der Waals surface area (Å²) in [7, 11) is 0.